The lowest BCUT2D eigenvalue weighted by atomic mass is 9.81. The van der Waals surface area contributed by atoms with Crippen LogP contribution in [-0.4, -0.2) is 12.6 Å². The fourth-order valence-corrected chi connectivity index (χ4v) is 3.05. The van der Waals surface area contributed by atoms with Gasteiger partial charge in [0.1, 0.15) is 5.82 Å². The third-order valence-corrected chi connectivity index (χ3v) is 4.25. The molecule has 1 aliphatic rings. The van der Waals surface area contributed by atoms with Gasteiger partial charge in [-0.2, -0.15) is 13.2 Å². The highest BCUT2D eigenvalue weighted by Gasteiger charge is 2.41. The average Bonchev–Trinajstić information content (AvgIpc) is 2.58. The molecule has 0 fully saturated rings. The van der Waals surface area contributed by atoms with Gasteiger partial charge in [0.25, 0.3) is 0 Å². The molecule has 0 amide bonds. The maximum absolute atomic E-state index is 13.6. The molecule has 0 radical (unpaired) electrons. The van der Waals surface area contributed by atoms with Crippen molar-refractivity contribution < 1.29 is 27.1 Å². The minimum absolute atomic E-state index is 0.0222. The number of hydrogen-bond donors (Lipinski definition) is 1. The molecule has 150 valence electrons. The molecule has 0 aliphatic carbocycles. The van der Waals surface area contributed by atoms with Crippen molar-refractivity contribution in [1.82, 2.24) is 5.32 Å². The lowest BCUT2D eigenvalue weighted by Crippen LogP contribution is -2.30. The van der Waals surface area contributed by atoms with Crippen molar-refractivity contribution in [1.29, 1.82) is 0 Å². The molecule has 0 saturated carbocycles. The number of halogens is 4. The van der Waals surface area contributed by atoms with Crippen molar-refractivity contribution in [3.63, 3.8) is 0 Å². The van der Waals surface area contributed by atoms with Crippen LogP contribution in [0.3, 0.4) is 0 Å². The van der Waals surface area contributed by atoms with E-state index in [-0.39, 0.29) is 29.4 Å². The number of benzene rings is 1. The summed E-state index contributed by atoms with van der Waals surface area (Å²) in [6.45, 7) is 14.2. The third kappa shape index (κ3) is 4.35. The van der Waals surface area contributed by atoms with Crippen molar-refractivity contribution in [2.75, 3.05) is 6.61 Å². The van der Waals surface area contributed by atoms with Gasteiger partial charge in [0.15, 0.2) is 5.70 Å². The molecule has 0 aromatic heterocycles. The van der Waals surface area contributed by atoms with Gasteiger partial charge in [0.05, 0.1) is 30.2 Å². The monoisotopic (exact) mass is 396 g/mol. The van der Waals surface area contributed by atoms with Crippen LogP contribution in [0.5, 0.6) is 0 Å². The maximum Gasteiger partial charge on any atom is 0.416 e. The number of esters is 1. The Morgan fingerprint density at radius 1 is 1.29 bits per heavy atom. The molecular weight excluding hydrogens is 376 g/mol. The quantitative estimate of drug-likeness (QED) is 0.435. The van der Waals surface area contributed by atoms with Crippen LogP contribution in [0.1, 0.15) is 44.7 Å². The van der Waals surface area contributed by atoms with Gasteiger partial charge in [-0.05, 0) is 37.5 Å². The lowest BCUT2D eigenvalue weighted by molar-refractivity contribution is -0.141. The second-order valence-corrected chi connectivity index (χ2v) is 6.94. The van der Waals surface area contributed by atoms with Gasteiger partial charge in [-0.25, -0.2) is 14.0 Å². The number of carbonyl (C=O) groups is 1. The Morgan fingerprint density at radius 3 is 2.46 bits per heavy atom. The van der Waals surface area contributed by atoms with Crippen LogP contribution >= 0.6 is 0 Å². The number of alkyl halides is 3. The van der Waals surface area contributed by atoms with Gasteiger partial charge in [0, 0.05) is 11.4 Å². The van der Waals surface area contributed by atoms with Gasteiger partial charge in [-0.15, -0.1) is 0 Å². The molecule has 1 aromatic carbocycles. The first kappa shape index (κ1) is 21.5. The zero-order valence-electron chi connectivity index (χ0n) is 15.9. The fraction of sp³-hybridized carbons (Fsp3) is 0.400. The van der Waals surface area contributed by atoms with Gasteiger partial charge in [-0.3, -0.25) is 0 Å². The first-order valence-corrected chi connectivity index (χ1v) is 8.57. The molecule has 1 heterocycles. The number of nitrogens with zero attached hydrogens (tertiary/aromatic N) is 1. The summed E-state index contributed by atoms with van der Waals surface area (Å²) in [5.74, 6) is -3.15. The SMILES string of the molecule is [C-]#[N+]C1=C(C)NC(C)=C(C(=O)OCC(C)C)C1c1ccc(F)cc1C(F)(F)F. The van der Waals surface area contributed by atoms with Crippen LogP contribution < -0.4 is 5.32 Å². The fourth-order valence-electron chi connectivity index (χ4n) is 3.05. The Kier molecular flexibility index (Phi) is 6.17. The van der Waals surface area contributed by atoms with E-state index in [0.29, 0.717) is 17.5 Å². The maximum atomic E-state index is 13.6. The summed E-state index contributed by atoms with van der Waals surface area (Å²) in [4.78, 5) is 16.1. The second-order valence-electron chi connectivity index (χ2n) is 6.94. The molecule has 0 spiro atoms. The summed E-state index contributed by atoms with van der Waals surface area (Å²) >= 11 is 0. The largest absolute Gasteiger partial charge is 0.462 e. The van der Waals surface area contributed by atoms with Crippen molar-refractivity contribution in [2.45, 2.75) is 39.8 Å². The lowest BCUT2D eigenvalue weighted by Gasteiger charge is -2.30. The predicted octanol–water partition coefficient (Wildman–Crippen LogP) is 5.16. The minimum atomic E-state index is -4.86. The summed E-state index contributed by atoms with van der Waals surface area (Å²) in [5.41, 5.74) is -1.13. The van der Waals surface area contributed by atoms with E-state index >= 15 is 0 Å². The normalized spacial score (nSPS) is 17.5. The number of ether oxygens (including phenoxy) is 1. The molecule has 28 heavy (non-hydrogen) atoms. The van der Waals surface area contributed by atoms with Crippen molar-refractivity contribution in [3.8, 4) is 0 Å². The summed E-state index contributed by atoms with van der Waals surface area (Å²) < 4.78 is 59.5. The number of nitrogens with one attached hydrogen (secondary N) is 1. The Balaban J connectivity index is 2.70. The first-order chi connectivity index (χ1) is 13.0. The zero-order valence-corrected chi connectivity index (χ0v) is 15.9. The van der Waals surface area contributed by atoms with Gasteiger partial charge in [-0.1, -0.05) is 19.9 Å². The van der Waals surface area contributed by atoms with E-state index in [2.05, 4.69) is 10.2 Å². The van der Waals surface area contributed by atoms with Gasteiger partial charge < -0.3 is 10.1 Å². The standard InChI is InChI=1S/C20H20F4N2O2/c1-10(2)9-28-19(27)16-11(3)26-12(4)18(25-5)17(16)14-7-6-13(21)8-15(14)20(22,23)24/h6-8,10,17,26H,9H2,1-4H3. The number of dihydropyridines is 1. The van der Waals surface area contributed by atoms with Gasteiger partial charge >= 0.3 is 12.1 Å². The van der Waals surface area contributed by atoms with Gasteiger partial charge in [0.2, 0.25) is 0 Å². The summed E-state index contributed by atoms with van der Waals surface area (Å²) in [5, 5.41) is 2.86. The molecule has 8 heteroatoms. The molecule has 0 saturated heterocycles. The first-order valence-electron chi connectivity index (χ1n) is 8.57. The van der Waals surface area contributed by atoms with Crippen LogP contribution in [-0.2, 0) is 15.7 Å². The molecule has 2 rings (SSSR count). The molecule has 0 bridgehead atoms. The van der Waals surface area contributed by atoms with Crippen LogP contribution in [0, 0.1) is 18.3 Å². The van der Waals surface area contributed by atoms with Crippen LogP contribution in [0.4, 0.5) is 17.6 Å². The van der Waals surface area contributed by atoms with Crippen LogP contribution in [0.25, 0.3) is 4.85 Å². The van der Waals surface area contributed by atoms with E-state index < -0.39 is 29.4 Å². The van der Waals surface area contributed by atoms with Crippen LogP contribution in [0.2, 0.25) is 0 Å². The number of hydrogen-bond acceptors (Lipinski definition) is 3. The number of allylic oxidation sites excluding steroid dienone is 3. The zero-order chi connectivity index (χ0) is 21.2. The van der Waals surface area contributed by atoms with Crippen molar-refractivity contribution >= 4 is 5.97 Å². The topological polar surface area (TPSA) is 42.7 Å². The number of carbonyl (C=O) groups excluding carboxylic acids is 1. The molecule has 1 atom stereocenters. The Morgan fingerprint density at radius 2 is 1.93 bits per heavy atom. The van der Waals surface area contributed by atoms with E-state index in [1.807, 2.05) is 13.8 Å². The molecule has 1 unspecified atom stereocenters. The average molecular weight is 396 g/mol. The molecular formula is C20H20F4N2O2. The minimum Gasteiger partial charge on any atom is -0.462 e. The summed E-state index contributed by atoms with van der Waals surface area (Å²) in [6, 6.07) is 2.23. The van der Waals surface area contributed by atoms with Crippen molar-refractivity contribution in [3.05, 3.63) is 69.2 Å². The van der Waals surface area contributed by atoms with E-state index in [0.717, 1.165) is 12.1 Å². The van der Waals surface area contributed by atoms with E-state index in [1.54, 1.807) is 0 Å². The molecule has 1 N–H and O–H groups in total. The molecule has 1 aromatic rings. The molecule has 1 aliphatic heterocycles. The summed E-state index contributed by atoms with van der Waals surface area (Å²) in [6.07, 6.45) is -4.86. The number of rotatable bonds is 4. The third-order valence-electron chi connectivity index (χ3n) is 4.25. The predicted molar refractivity (Wildman–Crippen MR) is 95.1 cm³/mol. The highest BCUT2D eigenvalue weighted by molar-refractivity contribution is 5.93. The molecule has 4 nitrogen and oxygen atoms in total. The van der Waals surface area contributed by atoms with E-state index in [4.69, 9.17) is 11.3 Å². The highest BCUT2D eigenvalue weighted by atomic mass is 19.4. The summed E-state index contributed by atoms with van der Waals surface area (Å²) in [7, 11) is 0. The Hall–Kier alpha value is -2.82. The Bertz CT molecular complexity index is 892. The van der Waals surface area contributed by atoms with Crippen LogP contribution in [0.15, 0.2) is 40.9 Å². The second kappa shape index (κ2) is 8.05. The van der Waals surface area contributed by atoms with Crippen molar-refractivity contribution in [2.24, 2.45) is 5.92 Å². The highest BCUT2D eigenvalue weighted by Crippen LogP contribution is 2.44. The Labute approximate surface area is 160 Å². The van der Waals surface area contributed by atoms with E-state index in [1.165, 1.54) is 13.8 Å². The van der Waals surface area contributed by atoms with E-state index in [9.17, 15) is 22.4 Å². The smallest absolute Gasteiger partial charge is 0.416 e.